The zero-order valence-electron chi connectivity index (χ0n) is 14.0. The first-order valence-electron chi connectivity index (χ1n) is 8.29. The molecule has 26 heavy (non-hydrogen) atoms. The van der Waals surface area contributed by atoms with Crippen LogP contribution in [-0.2, 0) is 24.1 Å². The highest BCUT2D eigenvalue weighted by Gasteiger charge is 2.30. The van der Waals surface area contributed by atoms with Gasteiger partial charge < -0.3 is 5.32 Å². The Morgan fingerprint density at radius 2 is 2.04 bits per heavy atom. The molecule has 7 nitrogen and oxygen atoms in total. The molecule has 1 saturated heterocycles. The average Bonchev–Trinajstić information content (AvgIpc) is 3.09. The predicted octanol–water partition coefficient (Wildman–Crippen LogP) is 1.47. The third-order valence-corrected chi connectivity index (χ3v) is 4.31. The number of tetrazole rings is 1. The number of likely N-dealkylation sites (tertiary alicyclic amines) is 1. The number of hydrogen-bond acceptors (Lipinski definition) is 5. The summed E-state index contributed by atoms with van der Waals surface area (Å²) in [7, 11) is 0. The molecule has 0 saturated carbocycles. The topological polar surface area (TPSA) is 75.9 Å². The van der Waals surface area contributed by atoms with Gasteiger partial charge in [0, 0.05) is 25.7 Å². The summed E-state index contributed by atoms with van der Waals surface area (Å²) in [5.74, 6) is -0.159. The fourth-order valence-corrected chi connectivity index (χ4v) is 3.01. The van der Waals surface area contributed by atoms with Crippen molar-refractivity contribution in [1.82, 2.24) is 30.4 Å². The lowest BCUT2D eigenvalue weighted by molar-refractivity contribution is -0.137. The monoisotopic (exact) mass is 368 g/mol. The van der Waals surface area contributed by atoms with Crippen LogP contribution in [-0.4, -0.2) is 50.1 Å². The van der Waals surface area contributed by atoms with Gasteiger partial charge in [0.2, 0.25) is 5.91 Å². The standard InChI is InChI=1S/C16H19F3N6O/c17-16(18,19)13-3-1-2-12(8-13)9-24-6-4-14(5-7-24)21-15(26)10-25-11-20-22-23-25/h1-3,8,11,14H,4-7,9-10H2,(H,21,26). The van der Waals surface area contributed by atoms with E-state index in [9.17, 15) is 18.0 Å². The van der Waals surface area contributed by atoms with Gasteiger partial charge in [0.05, 0.1) is 5.56 Å². The minimum absolute atomic E-state index is 0.0525. The molecule has 10 heteroatoms. The average molecular weight is 368 g/mol. The number of nitrogens with one attached hydrogen (secondary N) is 1. The summed E-state index contributed by atoms with van der Waals surface area (Å²) in [6.45, 7) is 1.96. The van der Waals surface area contributed by atoms with Gasteiger partial charge in [0.1, 0.15) is 12.9 Å². The lowest BCUT2D eigenvalue weighted by Gasteiger charge is -2.32. The SMILES string of the molecule is O=C(Cn1cnnn1)NC1CCN(Cc2cccc(C(F)(F)F)c2)CC1. The van der Waals surface area contributed by atoms with Crippen LogP contribution in [0.4, 0.5) is 13.2 Å². The van der Waals surface area contributed by atoms with E-state index >= 15 is 0 Å². The van der Waals surface area contributed by atoms with Crippen molar-refractivity contribution < 1.29 is 18.0 Å². The third kappa shape index (κ3) is 5.01. The minimum Gasteiger partial charge on any atom is -0.352 e. The van der Waals surface area contributed by atoms with Crippen LogP contribution in [0.3, 0.4) is 0 Å². The molecule has 1 aromatic carbocycles. The van der Waals surface area contributed by atoms with E-state index in [1.54, 1.807) is 6.07 Å². The number of rotatable bonds is 5. The van der Waals surface area contributed by atoms with E-state index in [1.807, 2.05) is 0 Å². The van der Waals surface area contributed by atoms with Gasteiger partial charge in [-0.1, -0.05) is 18.2 Å². The molecule has 1 aromatic heterocycles. The minimum atomic E-state index is -4.33. The molecule has 1 aliphatic rings. The van der Waals surface area contributed by atoms with Crippen molar-refractivity contribution in [3.63, 3.8) is 0 Å². The zero-order valence-corrected chi connectivity index (χ0v) is 14.0. The summed E-state index contributed by atoms with van der Waals surface area (Å²) in [4.78, 5) is 14.0. The molecule has 140 valence electrons. The first-order valence-corrected chi connectivity index (χ1v) is 8.29. The van der Waals surface area contributed by atoms with Gasteiger partial charge in [0.15, 0.2) is 0 Å². The summed E-state index contributed by atoms with van der Waals surface area (Å²) in [5, 5.41) is 13.5. The number of carbonyl (C=O) groups excluding carboxylic acids is 1. The van der Waals surface area contributed by atoms with Crippen molar-refractivity contribution in [1.29, 1.82) is 0 Å². The Labute approximate surface area is 148 Å². The Morgan fingerprint density at radius 3 is 2.69 bits per heavy atom. The van der Waals surface area contributed by atoms with Crippen LogP contribution in [0.15, 0.2) is 30.6 Å². The van der Waals surface area contributed by atoms with Crippen LogP contribution in [0.5, 0.6) is 0 Å². The summed E-state index contributed by atoms with van der Waals surface area (Å²) in [6, 6.07) is 5.46. The van der Waals surface area contributed by atoms with Gasteiger partial charge in [-0.3, -0.25) is 9.69 Å². The fraction of sp³-hybridized carbons (Fsp3) is 0.500. The van der Waals surface area contributed by atoms with Crippen molar-refractivity contribution in [2.45, 2.75) is 38.1 Å². The predicted molar refractivity (Wildman–Crippen MR) is 85.7 cm³/mol. The van der Waals surface area contributed by atoms with E-state index < -0.39 is 11.7 Å². The fourth-order valence-electron chi connectivity index (χ4n) is 3.01. The molecule has 0 spiro atoms. The Bertz CT molecular complexity index is 726. The molecule has 0 unspecified atom stereocenters. The van der Waals surface area contributed by atoms with Gasteiger partial charge >= 0.3 is 6.18 Å². The van der Waals surface area contributed by atoms with Crippen LogP contribution >= 0.6 is 0 Å². The van der Waals surface area contributed by atoms with Crippen LogP contribution < -0.4 is 5.32 Å². The molecular formula is C16H19F3N6O. The van der Waals surface area contributed by atoms with E-state index in [1.165, 1.54) is 23.1 Å². The number of amides is 1. The van der Waals surface area contributed by atoms with Gasteiger partial charge in [-0.05, 0) is 34.9 Å². The van der Waals surface area contributed by atoms with Crippen LogP contribution in [0.1, 0.15) is 24.0 Å². The zero-order chi connectivity index (χ0) is 18.6. The molecule has 2 aromatic rings. The molecule has 0 bridgehead atoms. The maximum absolute atomic E-state index is 12.8. The van der Waals surface area contributed by atoms with Crippen LogP contribution in [0, 0.1) is 0 Å². The highest BCUT2D eigenvalue weighted by Crippen LogP contribution is 2.29. The molecule has 2 heterocycles. The van der Waals surface area contributed by atoms with Crippen molar-refractivity contribution in [2.75, 3.05) is 13.1 Å². The highest BCUT2D eigenvalue weighted by molar-refractivity contribution is 5.75. The van der Waals surface area contributed by atoms with Crippen molar-refractivity contribution in [2.24, 2.45) is 0 Å². The second kappa shape index (κ2) is 7.81. The lowest BCUT2D eigenvalue weighted by atomic mass is 10.0. The second-order valence-corrected chi connectivity index (χ2v) is 6.32. The Balaban J connectivity index is 1.46. The maximum atomic E-state index is 12.8. The summed E-state index contributed by atoms with van der Waals surface area (Å²) >= 11 is 0. The van der Waals surface area contributed by atoms with E-state index in [0.717, 1.165) is 18.9 Å². The van der Waals surface area contributed by atoms with Gasteiger partial charge in [-0.2, -0.15) is 13.2 Å². The number of aromatic nitrogens is 4. The van der Waals surface area contributed by atoms with E-state index in [4.69, 9.17) is 0 Å². The summed E-state index contributed by atoms with van der Waals surface area (Å²) in [6.07, 6.45) is -1.45. The number of carbonyl (C=O) groups is 1. The first kappa shape index (κ1) is 18.3. The largest absolute Gasteiger partial charge is 0.416 e. The van der Waals surface area contributed by atoms with Crippen LogP contribution in [0.25, 0.3) is 0 Å². The van der Waals surface area contributed by atoms with Gasteiger partial charge in [0.25, 0.3) is 0 Å². The molecule has 1 amide bonds. The Morgan fingerprint density at radius 1 is 1.27 bits per heavy atom. The number of piperidine rings is 1. The van der Waals surface area contributed by atoms with Crippen molar-refractivity contribution in [3.8, 4) is 0 Å². The molecule has 1 aliphatic heterocycles. The summed E-state index contributed by atoms with van der Waals surface area (Å²) in [5.41, 5.74) is 0.0146. The second-order valence-electron chi connectivity index (χ2n) is 6.32. The van der Waals surface area contributed by atoms with E-state index in [0.29, 0.717) is 25.2 Å². The molecule has 0 atom stereocenters. The van der Waals surface area contributed by atoms with Crippen molar-refractivity contribution >= 4 is 5.91 Å². The first-order chi connectivity index (χ1) is 12.4. The number of hydrogen-bond donors (Lipinski definition) is 1. The number of nitrogens with zero attached hydrogens (tertiary/aromatic N) is 5. The molecule has 0 aliphatic carbocycles. The highest BCUT2D eigenvalue weighted by atomic mass is 19.4. The third-order valence-electron chi connectivity index (χ3n) is 4.31. The Hall–Kier alpha value is -2.49. The molecular weight excluding hydrogens is 349 g/mol. The normalized spacial score (nSPS) is 16.6. The van der Waals surface area contributed by atoms with Gasteiger partial charge in [-0.15, -0.1) is 5.10 Å². The molecule has 1 fully saturated rings. The molecule has 1 N–H and O–H groups in total. The van der Waals surface area contributed by atoms with Crippen LogP contribution in [0.2, 0.25) is 0 Å². The quantitative estimate of drug-likeness (QED) is 0.865. The number of halogens is 3. The number of alkyl halides is 3. The lowest BCUT2D eigenvalue weighted by Crippen LogP contribution is -2.45. The molecule has 0 radical (unpaired) electrons. The summed E-state index contributed by atoms with van der Waals surface area (Å²) < 4.78 is 39.7. The van der Waals surface area contributed by atoms with Gasteiger partial charge in [-0.25, -0.2) is 4.68 Å². The van der Waals surface area contributed by atoms with Crippen molar-refractivity contribution in [3.05, 3.63) is 41.7 Å². The van der Waals surface area contributed by atoms with E-state index in [2.05, 4.69) is 25.7 Å². The smallest absolute Gasteiger partial charge is 0.352 e. The number of benzene rings is 1. The maximum Gasteiger partial charge on any atom is 0.416 e. The Kier molecular flexibility index (Phi) is 5.50. The van der Waals surface area contributed by atoms with E-state index in [-0.39, 0.29) is 18.5 Å². The molecule has 3 rings (SSSR count).